The van der Waals surface area contributed by atoms with Crippen molar-refractivity contribution in [2.45, 2.75) is 17.9 Å². The van der Waals surface area contributed by atoms with E-state index < -0.39 is 16.1 Å². The van der Waals surface area contributed by atoms with Crippen molar-refractivity contribution in [1.29, 1.82) is 0 Å². The second-order valence-electron chi connectivity index (χ2n) is 4.69. The van der Waals surface area contributed by atoms with Crippen molar-refractivity contribution < 1.29 is 13.2 Å². The summed E-state index contributed by atoms with van der Waals surface area (Å²) in [5.74, 6) is 0.236. The maximum Gasteiger partial charge on any atom is 0.244 e. The zero-order valence-corrected chi connectivity index (χ0v) is 14.3. The molecule has 2 aromatic rings. The highest BCUT2D eigenvalue weighted by atomic mass is 35.5. The van der Waals surface area contributed by atoms with Gasteiger partial charge in [0.15, 0.2) is 0 Å². The Bertz CT molecular complexity index is 761. The zero-order chi connectivity index (χ0) is 16.3. The molecule has 118 valence electrons. The molecule has 0 saturated carbocycles. The number of halogens is 2. The first-order chi connectivity index (χ1) is 10.3. The van der Waals surface area contributed by atoms with Crippen LogP contribution >= 0.6 is 23.2 Å². The predicted molar refractivity (Wildman–Crippen MR) is 88.2 cm³/mol. The van der Waals surface area contributed by atoms with Crippen LogP contribution < -0.4 is 9.46 Å². The fourth-order valence-electron chi connectivity index (χ4n) is 1.98. The van der Waals surface area contributed by atoms with Crippen LogP contribution in [-0.2, 0) is 10.0 Å². The van der Waals surface area contributed by atoms with Crippen LogP contribution in [0.25, 0.3) is 0 Å². The Kier molecular flexibility index (Phi) is 5.34. The van der Waals surface area contributed by atoms with Gasteiger partial charge < -0.3 is 4.74 Å². The molecule has 0 heterocycles. The molecule has 0 aliphatic rings. The first-order valence-corrected chi connectivity index (χ1v) is 8.69. The van der Waals surface area contributed by atoms with Gasteiger partial charge in [-0.1, -0.05) is 35.3 Å². The summed E-state index contributed by atoms with van der Waals surface area (Å²) in [6.45, 7) is 1.75. The molecule has 0 aromatic heterocycles. The van der Waals surface area contributed by atoms with Gasteiger partial charge in [-0.05, 0) is 42.8 Å². The molecule has 22 heavy (non-hydrogen) atoms. The van der Waals surface area contributed by atoms with Crippen molar-refractivity contribution in [1.82, 2.24) is 4.72 Å². The van der Waals surface area contributed by atoms with E-state index in [1.807, 2.05) is 0 Å². The van der Waals surface area contributed by atoms with Gasteiger partial charge in [0.25, 0.3) is 0 Å². The third kappa shape index (κ3) is 3.93. The molecule has 0 aliphatic carbocycles. The van der Waals surface area contributed by atoms with Crippen molar-refractivity contribution in [3.05, 3.63) is 58.1 Å². The van der Waals surface area contributed by atoms with Gasteiger partial charge in [0, 0.05) is 16.1 Å². The average Bonchev–Trinajstić information content (AvgIpc) is 2.47. The highest BCUT2D eigenvalue weighted by Gasteiger charge is 2.22. The van der Waals surface area contributed by atoms with Gasteiger partial charge in [-0.15, -0.1) is 0 Å². The SMILES string of the molecule is COc1ccc(Cl)cc1S(=O)(=O)NC(C)c1ccc(Cl)cc1. The van der Waals surface area contributed by atoms with E-state index in [0.717, 1.165) is 5.56 Å². The zero-order valence-electron chi connectivity index (χ0n) is 12.0. The third-order valence-corrected chi connectivity index (χ3v) is 5.17. The van der Waals surface area contributed by atoms with E-state index in [1.165, 1.54) is 19.2 Å². The van der Waals surface area contributed by atoms with Crippen LogP contribution in [0.1, 0.15) is 18.5 Å². The summed E-state index contributed by atoms with van der Waals surface area (Å²) in [6.07, 6.45) is 0. The Balaban J connectivity index is 2.31. The van der Waals surface area contributed by atoms with Crippen LogP contribution in [0.4, 0.5) is 0 Å². The molecule has 1 N–H and O–H groups in total. The summed E-state index contributed by atoms with van der Waals surface area (Å²) in [7, 11) is -2.37. The average molecular weight is 360 g/mol. The van der Waals surface area contributed by atoms with Crippen molar-refractivity contribution in [3.8, 4) is 5.75 Å². The van der Waals surface area contributed by atoms with E-state index in [9.17, 15) is 8.42 Å². The highest BCUT2D eigenvalue weighted by molar-refractivity contribution is 7.89. The number of hydrogen-bond acceptors (Lipinski definition) is 3. The van der Waals surface area contributed by atoms with E-state index in [0.29, 0.717) is 10.0 Å². The monoisotopic (exact) mass is 359 g/mol. The number of methoxy groups -OCH3 is 1. The van der Waals surface area contributed by atoms with Gasteiger partial charge in [0.05, 0.1) is 7.11 Å². The number of benzene rings is 2. The highest BCUT2D eigenvalue weighted by Crippen LogP contribution is 2.28. The second-order valence-corrected chi connectivity index (χ2v) is 7.24. The number of ether oxygens (including phenoxy) is 1. The second kappa shape index (κ2) is 6.87. The molecule has 1 atom stereocenters. The van der Waals surface area contributed by atoms with E-state index in [-0.39, 0.29) is 10.6 Å². The molecular formula is C15H15Cl2NO3S. The molecule has 4 nitrogen and oxygen atoms in total. The molecule has 0 saturated heterocycles. The largest absolute Gasteiger partial charge is 0.495 e. The number of sulfonamides is 1. The van der Waals surface area contributed by atoms with Crippen LogP contribution in [0.3, 0.4) is 0 Å². The van der Waals surface area contributed by atoms with Crippen LogP contribution in [-0.4, -0.2) is 15.5 Å². The number of hydrogen-bond donors (Lipinski definition) is 1. The number of nitrogens with one attached hydrogen (secondary N) is 1. The summed E-state index contributed by atoms with van der Waals surface area (Å²) in [4.78, 5) is 0.00307. The van der Waals surface area contributed by atoms with E-state index in [4.69, 9.17) is 27.9 Å². The Morgan fingerprint density at radius 2 is 1.64 bits per heavy atom. The lowest BCUT2D eigenvalue weighted by molar-refractivity contribution is 0.402. The molecule has 1 unspecified atom stereocenters. The maximum absolute atomic E-state index is 12.5. The summed E-state index contributed by atoms with van der Waals surface area (Å²) in [5, 5.41) is 0.913. The lowest BCUT2D eigenvalue weighted by Gasteiger charge is -2.16. The third-order valence-electron chi connectivity index (χ3n) is 3.12. The topological polar surface area (TPSA) is 55.4 Å². The van der Waals surface area contributed by atoms with Gasteiger partial charge in [0.1, 0.15) is 10.6 Å². The van der Waals surface area contributed by atoms with E-state index in [1.54, 1.807) is 37.3 Å². The fourth-order valence-corrected chi connectivity index (χ4v) is 3.77. The molecule has 2 aromatic carbocycles. The van der Waals surface area contributed by atoms with Crippen molar-refractivity contribution in [3.63, 3.8) is 0 Å². The molecule has 0 amide bonds. The van der Waals surface area contributed by atoms with Gasteiger partial charge >= 0.3 is 0 Å². The molecule has 0 fully saturated rings. The standard InChI is InChI=1S/C15H15Cl2NO3S/c1-10(11-3-5-12(16)6-4-11)18-22(19,20)15-9-13(17)7-8-14(15)21-2/h3-10,18H,1-2H3. The molecule has 7 heteroatoms. The minimum absolute atomic E-state index is 0.00307. The Hall–Kier alpha value is -1.27. The molecular weight excluding hydrogens is 345 g/mol. The van der Waals surface area contributed by atoms with Gasteiger partial charge in [-0.25, -0.2) is 13.1 Å². The van der Waals surface area contributed by atoms with Crippen LogP contribution in [0.15, 0.2) is 47.4 Å². The summed E-state index contributed by atoms with van der Waals surface area (Å²) < 4.78 is 32.8. The van der Waals surface area contributed by atoms with Crippen LogP contribution in [0, 0.1) is 0 Å². The summed E-state index contributed by atoms with van der Waals surface area (Å²) in [6, 6.07) is 11.0. The quantitative estimate of drug-likeness (QED) is 0.876. The molecule has 0 aliphatic heterocycles. The van der Waals surface area contributed by atoms with Crippen molar-refractivity contribution >= 4 is 33.2 Å². The Morgan fingerprint density at radius 1 is 1.05 bits per heavy atom. The maximum atomic E-state index is 12.5. The molecule has 2 rings (SSSR count). The van der Waals surface area contributed by atoms with Gasteiger partial charge in [0.2, 0.25) is 10.0 Å². The molecule has 0 bridgehead atoms. The smallest absolute Gasteiger partial charge is 0.244 e. The van der Waals surface area contributed by atoms with E-state index >= 15 is 0 Å². The lowest BCUT2D eigenvalue weighted by atomic mass is 10.1. The van der Waals surface area contributed by atoms with Crippen molar-refractivity contribution in [2.24, 2.45) is 0 Å². The predicted octanol–water partition coefficient (Wildman–Crippen LogP) is 4.04. The summed E-state index contributed by atoms with van der Waals surface area (Å²) in [5.41, 5.74) is 0.800. The fraction of sp³-hybridized carbons (Fsp3) is 0.200. The van der Waals surface area contributed by atoms with Crippen LogP contribution in [0.5, 0.6) is 5.75 Å². The van der Waals surface area contributed by atoms with Gasteiger partial charge in [-0.2, -0.15) is 0 Å². The first kappa shape index (κ1) is 17.1. The van der Waals surface area contributed by atoms with Gasteiger partial charge in [-0.3, -0.25) is 0 Å². The Morgan fingerprint density at radius 3 is 2.23 bits per heavy atom. The normalized spacial score (nSPS) is 12.9. The van der Waals surface area contributed by atoms with E-state index in [2.05, 4.69) is 4.72 Å². The summed E-state index contributed by atoms with van der Waals surface area (Å²) >= 11 is 11.7. The Labute approximate surface area is 140 Å². The number of rotatable bonds is 5. The van der Waals surface area contributed by atoms with Crippen molar-refractivity contribution in [2.75, 3.05) is 7.11 Å². The minimum Gasteiger partial charge on any atom is -0.495 e. The lowest BCUT2D eigenvalue weighted by Crippen LogP contribution is -2.27. The first-order valence-electron chi connectivity index (χ1n) is 6.45. The molecule has 0 spiro atoms. The molecule has 0 radical (unpaired) electrons. The van der Waals surface area contributed by atoms with Crippen LogP contribution in [0.2, 0.25) is 10.0 Å². The minimum atomic E-state index is -3.78.